The van der Waals surface area contributed by atoms with Gasteiger partial charge in [-0.1, -0.05) is 18.2 Å². The molecule has 34 heavy (non-hydrogen) atoms. The highest BCUT2D eigenvalue weighted by Gasteiger charge is 2.37. The van der Waals surface area contributed by atoms with Gasteiger partial charge in [0, 0.05) is 37.6 Å². The molecule has 2 aromatic carbocycles. The van der Waals surface area contributed by atoms with Gasteiger partial charge in [0.05, 0.1) is 6.54 Å². The highest BCUT2D eigenvalue weighted by molar-refractivity contribution is 5.92. The Balaban J connectivity index is 1.55. The van der Waals surface area contributed by atoms with Crippen molar-refractivity contribution in [2.45, 2.75) is 59.1 Å². The number of likely N-dealkylation sites (tertiary alicyclic amines) is 1. The van der Waals surface area contributed by atoms with Gasteiger partial charge in [0.1, 0.15) is 5.75 Å². The van der Waals surface area contributed by atoms with Gasteiger partial charge < -0.3 is 20.7 Å². The van der Waals surface area contributed by atoms with Crippen LogP contribution in [0.25, 0.3) is 0 Å². The normalized spacial score (nSPS) is 15.1. The van der Waals surface area contributed by atoms with E-state index in [9.17, 15) is 9.59 Å². The van der Waals surface area contributed by atoms with Crippen molar-refractivity contribution in [3.8, 4) is 5.75 Å². The number of carbonyl (C=O) groups excluding carboxylic acids is 2. The zero-order chi connectivity index (χ0) is 25.0. The summed E-state index contributed by atoms with van der Waals surface area (Å²) in [6, 6.07) is 11.5. The number of benzene rings is 2. The molecule has 1 fully saturated rings. The Morgan fingerprint density at radius 3 is 2.35 bits per heavy atom. The van der Waals surface area contributed by atoms with Crippen LogP contribution in [0.4, 0.5) is 11.4 Å². The quantitative estimate of drug-likeness (QED) is 0.604. The van der Waals surface area contributed by atoms with E-state index in [1.54, 1.807) is 0 Å². The van der Waals surface area contributed by atoms with E-state index in [2.05, 4.69) is 10.2 Å². The molecule has 7 nitrogen and oxygen atoms in total. The number of likely N-dealkylation sites (N-methyl/N-ethyl adjacent to an activating group) is 1. The molecule has 0 saturated carbocycles. The van der Waals surface area contributed by atoms with Crippen molar-refractivity contribution in [2.24, 2.45) is 0 Å². The summed E-state index contributed by atoms with van der Waals surface area (Å²) in [5.74, 6) is 0.613. The molecular formula is C27H38N4O3. The number of amides is 2. The van der Waals surface area contributed by atoms with Crippen LogP contribution in [0.1, 0.15) is 43.4 Å². The van der Waals surface area contributed by atoms with Crippen molar-refractivity contribution in [3.63, 3.8) is 0 Å². The topological polar surface area (TPSA) is 87.9 Å². The third-order valence-corrected chi connectivity index (χ3v) is 6.84. The number of nitrogens with one attached hydrogen (secondary N) is 1. The fourth-order valence-corrected chi connectivity index (χ4v) is 4.47. The Morgan fingerprint density at radius 1 is 1.12 bits per heavy atom. The van der Waals surface area contributed by atoms with Gasteiger partial charge in [-0.2, -0.15) is 0 Å². The number of anilines is 2. The lowest BCUT2D eigenvalue weighted by Crippen LogP contribution is -2.54. The Hall–Kier alpha value is -3.06. The highest BCUT2D eigenvalue weighted by Crippen LogP contribution is 2.32. The summed E-state index contributed by atoms with van der Waals surface area (Å²) in [5.41, 5.74) is 9.57. The number of nitrogens with zero attached hydrogens (tertiary/aromatic N) is 2. The molecule has 0 bridgehead atoms. The first-order chi connectivity index (χ1) is 16.0. The van der Waals surface area contributed by atoms with Crippen molar-refractivity contribution in [1.29, 1.82) is 0 Å². The molecule has 1 heterocycles. The van der Waals surface area contributed by atoms with Gasteiger partial charge in [0.15, 0.2) is 5.60 Å². The summed E-state index contributed by atoms with van der Waals surface area (Å²) in [6.45, 7) is 11.4. The minimum Gasteiger partial charge on any atom is -0.478 e. The maximum absolute atomic E-state index is 13.4. The van der Waals surface area contributed by atoms with Crippen LogP contribution < -0.4 is 15.8 Å². The largest absolute Gasteiger partial charge is 0.478 e. The van der Waals surface area contributed by atoms with E-state index in [0.29, 0.717) is 12.3 Å². The van der Waals surface area contributed by atoms with E-state index in [1.807, 2.05) is 83.0 Å². The fourth-order valence-electron chi connectivity index (χ4n) is 4.47. The van der Waals surface area contributed by atoms with Crippen LogP contribution in [0, 0.1) is 20.8 Å². The molecule has 184 valence electrons. The monoisotopic (exact) mass is 466 g/mol. The Bertz CT molecular complexity index is 1030. The molecule has 2 amide bonds. The molecule has 1 aliphatic rings. The standard InChI is InChI=1S/C27H38N4O3/c1-18-16-23(19(2)20(3)25(18)28)34-27(4,5)26(33)30(6)22-12-14-31(15-13-22)17-24(32)29-21-10-8-7-9-11-21/h7-11,16,22H,12-15,17,28H2,1-6H3,(H,29,32). The first kappa shape index (κ1) is 25.6. The predicted octanol–water partition coefficient (Wildman–Crippen LogP) is 3.91. The van der Waals surface area contributed by atoms with E-state index in [0.717, 1.165) is 54.0 Å². The van der Waals surface area contributed by atoms with Crippen molar-refractivity contribution in [2.75, 3.05) is 37.7 Å². The fraction of sp³-hybridized carbons (Fsp3) is 0.481. The average Bonchev–Trinajstić information content (AvgIpc) is 2.81. The number of nitrogens with two attached hydrogens (primary N) is 1. The second kappa shape index (κ2) is 10.5. The molecule has 0 spiro atoms. The maximum Gasteiger partial charge on any atom is 0.266 e. The molecule has 0 atom stereocenters. The van der Waals surface area contributed by atoms with Crippen molar-refractivity contribution in [3.05, 3.63) is 53.1 Å². The van der Waals surface area contributed by atoms with Crippen molar-refractivity contribution < 1.29 is 14.3 Å². The van der Waals surface area contributed by atoms with Crippen molar-refractivity contribution >= 4 is 23.2 Å². The van der Waals surface area contributed by atoms with Gasteiger partial charge in [0.25, 0.3) is 5.91 Å². The van der Waals surface area contributed by atoms with E-state index in [4.69, 9.17) is 10.5 Å². The first-order valence-corrected chi connectivity index (χ1v) is 11.9. The zero-order valence-corrected chi connectivity index (χ0v) is 21.3. The van der Waals surface area contributed by atoms with Crippen LogP contribution in [-0.2, 0) is 9.59 Å². The van der Waals surface area contributed by atoms with Gasteiger partial charge in [-0.05, 0) is 82.3 Å². The predicted molar refractivity (Wildman–Crippen MR) is 137 cm³/mol. The van der Waals surface area contributed by atoms with Gasteiger partial charge in [-0.3, -0.25) is 14.5 Å². The summed E-state index contributed by atoms with van der Waals surface area (Å²) in [6.07, 6.45) is 1.63. The van der Waals surface area contributed by atoms with E-state index >= 15 is 0 Å². The van der Waals surface area contributed by atoms with E-state index in [1.165, 1.54) is 0 Å². The molecule has 1 aliphatic heterocycles. The second-order valence-corrected chi connectivity index (χ2v) is 9.81. The summed E-state index contributed by atoms with van der Waals surface area (Å²) < 4.78 is 6.24. The molecule has 3 rings (SSSR count). The number of carbonyl (C=O) groups is 2. The minimum absolute atomic E-state index is 0.0203. The second-order valence-electron chi connectivity index (χ2n) is 9.81. The number of ether oxygens (including phenoxy) is 1. The molecule has 7 heteroatoms. The van der Waals surface area contributed by atoms with Gasteiger partial charge in [-0.25, -0.2) is 0 Å². The molecule has 1 saturated heterocycles. The molecular weight excluding hydrogens is 428 g/mol. The third kappa shape index (κ3) is 5.89. The van der Waals surface area contributed by atoms with E-state index < -0.39 is 5.60 Å². The number of hydrogen-bond donors (Lipinski definition) is 2. The van der Waals surface area contributed by atoms with Crippen LogP contribution in [0.3, 0.4) is 0 Å². The summed E-state index contributed by atoms with van der Waals surface area (Å²) in [5, 5.41) is 2.93. The van der Waals surface area contributed by atoms with Crippen molar-refractivity contribution in [1.82, 2.24) is 9.80 Å². The third-order valence-electron chi connectivity index (χ3n) is 6.84. The molecule has 0 aliphatic carbocycles. The van der Waals surface area contributed by atoms with Crippen LogP contribution in [0.2, 0.25) is 0 Å². The maximum atomic E-state index is 13.4. The summed E-state index contributed by atoms with van der Waals surface area (Å²) in [7, 11) is 1.85. The Labute approximate surface area is 203 Å². The van der Waals surface area contributed by atoms with Gasteiger partial charge in [-0.15, -0.1) is 0 Å². The van der Waals surface area contributed by atoms with E-state index in [-0.39, 0.29) is 17.9 Å². The van der Waals surface area contributed by atoms with Crippen LogP contribution in [0.15, 0.2) is 36.4 Å². The van der Waals surface area contributed by atoms with Crippen LogP contribution in [-0.4, -0.2) is 59.9 Å². The van der Waals surface area contributed by atoms with Crippen LogP contribution >= 0.6 is 0 Å². The number of rotatable bonds is 7. The minimum atomic E-state index is -1.01. The zero-order valence-electron chi connectivity index (χ0n) is 21.3. The molecule has 2 aromatic rings. The number of nitrogen functional groups attached to an aromatic ring is 1. The number of piperidine rings is 1. The summed E-state index contributed by atoms with van der Waals surface area (Å²) >= 11 is 0. The lowest BCUT2D eigenvalue weighted by molar-refractivity contribution is -0.147. The molecule has 0 radical (unpaired) electrons. The number of para-hydroxylation sites is 1. The first-order valence-electron chi connectivity index (χ1n) is 11.9. The molecule has 3 N–H and O–H groups in total. The molecule has 0 aromatic heterocycles. The summed E-state index contributed by atoms with van der Waals surface area (Å²) in [4.78, 5) is 29.7. The SMILES string of the molecule is Cc1cc(OC(C)(C)C(=O)N(C)C2CCN(CC(=O)Nc3ccccc3)CC2)c(C)c(C)c1N. The number of hydrogen-bond acceptors (Lipinski definition) is 5. The smallest absolute Gasteiger partial charge is 0.266 e. The van der Waals surface area contributed by atoms with Gasteiger partial charge >= 0.3 is 0 Å². The lowest BCUT2D eigenvalue weighted by Gasteiger charge is -2.39. The Kier molecular flexibility index (Phi) is 7.87. The van der Waals surface area contributed by atoms with Crippen LogP contribution in [0.5, 0.6) is 5.75 Å². The van der Waals surface area contributed by atoms with Gasteiger partial charge in [0.2, 0.25) is 5.91 Å². The highest BCUT2D eigenvalue weighted by atomic mass is 16.5. The Morgan fingerprint density at radius 2 is 1.74 bits per heavy atom. The molecule has 0 unspecified atom stereocenters. The lowest BCUT2D eigenvalue weighted by atomic mass is 9.99. The number of aryl methyl sites for hydroxylation is 1. The average molecular weight is 467 g/mol.